The van der Waals surface area contributed by atoms with Gasteiger partial charge in [-0.25, -0.2) is 9.97 Å². The number of aryl methyl sites for hydroxylation is 1. The van der Waals surface area contributed by atoms with Gasteiger partial charge in [0.1, 0.15) is 0 Å². The van der Waals surface area contributed by atoms with Crippen molar-refractivity contribution >= 4 is 11.5 Å². The summed E-state index contributed by atoms with van der Waals surface area (Å²) in [7, 11) is 0. The highest BCUT2D eigenvalue weighted by atomic mass is 19.4. The number of rotatable bonds is 3. The molecule has 10 heteroatoms. The number of halogens is 3. The molecule has 1 fully saturated rings. The Balaban J connectivity index is 1.49. The van der Waals surface area contributed by atoms with Crippen molar-refractivity contribution in [3.63, 3.8) is 0 Å². The molecule has 1 aliphatic heterocycles. The van der Waals surface area contributed by atoms with Crippen LogP contribution in [0.5, 0.6) is 0 Å². The van der Waals surface area contributed by atoms with Gasteiger partial charge in [-0.05, 0) is 6.92 Å². The number of hydrogen-bond donors (Lipinski definition) is 0. The molecule has 0 aromatic carbocycles. The Morgan fingerprint density at radius 3 is 2.62 bits per heavy atom. The van der Waals surface area contributed by atoms with Gasteiger partial charge in [0, 0.05) is 50.8 Å². The minimum absolute atomic E-state index is 0.221. The summed E-state index contributed by atoms with van der Waals surface area (Å²) >= 11 is 0. The summed E-state index contributed by atoms with van der Waals surface area (Å²) in [5.41, 5.74) is 0.152. The van der Waals surface area contributed by atoms with E-state index in [-0.39, 0.29) is 5.65 Å². The number of fused-ring (bicyclic) bond motifs is 1. The van der Waals surface area contributed by atoms with Gasteiger partial charge in [0.05, 0.1) is 12.2 Å². The molecule has 4 heterocycles. The van der Waals surface area contributed by atoms with E-state index in [1.807, 2.05) is 17.9 Å². The van der Waals surface area contributed by atoms with Gasteiger partial charge < -0.3 is 13.8 Å². The molecule has 0 bridgehead atoms. The van der Waals surface area contributed by atoms with Crippen molar-refractivity contribution in [2.75, 3.05) is 31.1 Å². The van der Waals surface area contributed by atoms with Crippen LogP contribution >= 0.6 is 0 Å². The van der Waals surface area contributed by atoms with Gasteiger partial charge >= 0.3 is 6.18 Å². The zero-order chi connectivity index (χ0) is 18.3. The van der Waals surface area contributed by atoms with Gasteiger partial charge in [0.25, 0.3) is 0 Å². The molecule has 26 heavy (non-hydrogen) atoms. The number of alkyl halides is 3. The second-order valence-corrected chi connectivity index (χ2v) is 6.30. The molecule has 138 valence electrons. The number of aromatic nitrogens is 4. The normalized spacial score (nSPS) is 16.5. The molecule has 0 atom stereocenters. The monoisotopic (exact) mass is 366 g/mol. The SMILES string of the molecule is Cc1cc(CN2CCN(c3nccn4cc(C(F)(F)F)nc34)CC2)on1. The van der Waals surface area contributed by atoms with Crippen molar-refractivity contribution in [3.8, 4) is 0 Å². The largest absolute Gasteiger partial charge is 0.434 e. The van der Waals surface area contributed by atoms with Crippen LogP contribution in [0.2, 0.25) is 0 Å². The Kier molecular flexibility index (Phi) is 4.06. The fraction of sp³-hybridized carbons (Fsp3) is 0.438. The second-order valence-electron chi connectivity index (χ2n) is 6.30. The van der Waals surface area contributed by atoms with E-state index in [1.54, 1.807) is 0 Å². The van der Waals surface area contributed by atoms with Gasteiger partial charge in [-0.2, -0.15) is 13.2 Å². The fourth-order valence-corrected chi connectivity index (χ4v) is 3.09. The highest BCUT2D eigenvalue weighted by Crippen LogP contribution is 2.30. The summed E-state index contributed by atoms with van der Waals surface area (Å²) in [6.45, 7) is 5.32. The van der Waals surface area contributed by atoms with Gasteiger partial charge in [-0.3, -0.25) is 4.90 Å². The lowest BCUT2D eigenvalue weighted by molar-refractivity contribution is -0.140. The van der Waals surface area contributed by atoms with Crippen LogP contribution in [0.1, 0.15) is 17.1 Å². The lowest BCUT2D eigenvalue weighted by atomic mass is 10.3. The number of nitrogens with zero attached hydrogens (tertiary/aromatic N) is 6. The summed E-state index contributed by atoms with van der Waals surface area (Å²) in [6.07, 6.45) is -0.516. The number of anilines is 1. The molecular formula is C16H17F3N6O. The zero-order valence-corrected chi connectivity index (χ0v) is 14.1. The summed E-state index contributed by atoms with van der Waals surface area (Å²) in [4.78, 5) is 12.2. The van der Waals surface area contributed by atoms with Crippen LogP contribution in [0.3, 0.4) is 0 Å². The van der Waals surface area contributed by atoms with E-state index in [1.165, 1.54) is 16.8 Å². The molecule has 0 radical (unpaired) electrons. The topological polar surface area (TPSA) is 62.7 Å². The Morgan fingerprint density at radius 1 is 1.19 bits per heavy atom. The third-order valence-corrected chi connectivity index (χ3v) is 4.37. The predicted molar refractivity (Wildman–Crippen MR) is 86.7 cm³/mol. The lowest BCUT2D eigenvalue weighted by Gasteiger charge is -2.34. The van der Waals surface area contributed by atoms with Crippen molar-refractivity contribution in [1.82, 2.24) is 24.4 Å². The highest BCUT2D eigenvalue weighted by molar-refractivity contribution is 5.64. The van der Waals surface area contributed by atoms with Crippen molar-refractivity contribution < 1.29 is 17.7 Å². The van der Waals surface area contributed by atoms with Crippen LogP contribution in [0.25, 0.3) is 5.65 Å². The molecule has 0 saturated carbocycles. The number of piperazine rings is 1. The molecular weight excluding hydrogens is 349 g/mol. The van der Waals surface area contributed by atoms with E-state index >= 15 is 0 Å². The fourth-order valence-electron chi connectivity index (χ4n) is 3.09. The van der Waals surface area contributed by atoms with Gasteiger partial charge in [-0.1, -0.05) is 5.16 Å². The van der Waals surface area contributed by atoms with E-state index in [4.69, 9.17) is 4.52 Å². The van der Waals surface area contributed by atoms with Crippen LogP contribution in [0, 0.1) is 6.92 Å². The molecule has 1 aliphatic rings. The average Bonchev–Trinajstić information content (AvgIpc) is 3.21. The van der Waals surface area contributed by atoms with Crippen LogP contribution in [-0.4, -0.2) is 50.6 Å². The van der Waals surface area contributed by atoms with Crippen LogP contribution in [-0.2, 0) is 12.7 Å². The first-order chi connectivity index (χ1) is 12.4. The van der Waals surface area contributed by atoms with Crippen LogP contribution < -0.4 is 4.90 Å². The van der Waals surface area contributed by atoms with Gasteiger partial charge in [0.2, 0.25) is 0 Å². The lowest BCUT2D eigenvalue weighted by Crippen LogP contribution is -2.46. The van der Waals surface area contributed by atoms with Gasteiger partial charge in [-0.15, -0.1) is 0 Å². The molecule has 3 aromatic rings. The summed E-state index contributed by atoms with van der Waals surface area (Å²) in [6, 6.07) is 1.90. The van der Waals surface area contributed by atoms with Crippen LogP contribution in [0.15, 0.2) is 29.2 Å². The third-order valence-electron chi connectivity index (χ3n) is 4.37. The first-order valence-electron chi connectivity index (χ1n) is 8.20. The molecule has 0 aliphatic carbocycles. The molecule has 3 aromatic heterocycles. The molecule has 4 rings (SSSR count). The van der Waals surface area contributed by atoms with E-state index in [0.717, 1.165) is 30.7 Å². The minimum atomic E-state index is -4.48. The maximum atomic E-state index is 12.9. The minimum Gasteiger partial charge on any atom is -0.360 e. The highest BCUT2D eigenvalue weighted by Gasteiger charge is 2.34. The van der Waals surface area contributed by atoms with E-state index in [2.05, 4.69) is 20.0 Å². The molecule has 0 amide bonds. The molecule has 7 nitrogen and oxygen atoms in total. The Hall–Kier alpha value is -2.62. The quantitative estimate of drug-likeness (QED) is 0.709. The smallest absolute Gasteiger partial charge is 0.360 e. The first-order valence-corrected chi connectivity index (χ1v) is 8.20. The van der Waals surface area contributed by atoms with Crippen LogP contribution in [0.4, 0.5) is 19.0 Å². The first kappa shape index (κ1) is 16.8. The van der Waals surface area contributed by atoms with Crippen molar-refractivity contribution in [1.29, 1.82) is 0 Å². The Labute approximate surface area is 147 Å². The maximum absolute atomic E-state index is 12.9. The Bertz CT molecular complexity index is 910. The molecule has 1 saturated heterocycles. The van der Waals surface area contributed by atoms with E-state index in [0.29, 0.717) is 25.5 Å². The molecule has 0 unspecified atom stereocenters. The molecule has 0 N–H and O–H groups in total. The average molecular weight is 366 g/mol. The van der Waals surface area contributed by atoms with Crippen molar-refractivity contribution in [2.45, 2.75) is 19.6 Å². The van der Waals surface area contributed by atoms with E-state index < -0.39 is 11.9 Å². The van der Waals surface area contributed by atoms with Crippen molar-refractivity contribution in [2.24, 2.45) is 0 Å². The van der Waals surface area contributed by atoms with E-state index in [9.17, 15) is 13.2 Å². The summed E-state index contributed by atoms with van der Waals surface area (Å²) in [5.74, 6) is 1.28. The standard InChI is InChI=1S/C16H17F3N6O/c1-11-8-12(26-22-11)9-23-4-6-24(7-5-23)14-15-21-13(16(17,18)19)10-25(15)3-2-20-14/h2-3,8,10H,4-7,9H2,1H3. The summed E-state index contributed by atoms with van der Waals surface area (Å²) < 4.78 is 45.4. The summed E-state index contributed by atoms with van der Waals surface area (Å²) in [5, 5.41) is 3.88. The predicted octanol–water partition coefficient (Wildman–Crippen LogP) is 2.37. The second kappa shape index (κ2) is 6.27. The van der Waals surface area contributed by atoms with Crippen molar-refractivity contribution in [3.05, 3.63) is 41.8 Å². The Morgan fingerprint density at radius 2 is 1.96 bits per heavy atom. The van der Waals surface area contributed by atoms with Gasteiger partial charge in [0.15, 0.2) is 22.9 Å². The third kappa shape index (κ3) is 3.24. The zero-order valence-electron chi connectivity index (χ0n) is 14.1. The number of hydrogen-bond acceptors (Lipinski definition) is 6. The maximum Gasteiger partial charge on any atom is 0.434 e. The number of imidazole rings is 1. The molecule has 0 spiro atoms.